The third-order valence-corrected chi connectivity index (χ3v) is 3.86. The Balaban J connectivity index is 1.72. The van der Waals surface area contributed by atoms with Gasteiger partial charge in [0.25, 0.3) is 0 Å². The van der Waals surface area contributed by atoms with Crippen molar-refractivity contribution in [2.24, 2.45) is 0 Å². The van der Waals surface area contributed by atoms with Gasteiger partial charge in [-0.15, -0.1) is 11.8 Å². The van der Waals surface area contributed by atoms with Crippen LogP contribution in [0.1, 0.15) is 50.5 Å². The average molecular weight is 241 g/mol. The molecule has 0 saturated heterocycles. The standard InChI is InChI=1S/C17H23N/c1-2-3-7-14-18-17-12-10-16(11-13-17)15-8-5-4-6-9-15/h4-6,8-9,16-18H,7,10-14H2,1H3. The Morgan fingerprint density at radius 2 is 1.83 bits per heavy atom. The molecule has 0 amide bonds. The molecule has 0 unspecified atom stereocenters. The lowest BCUT2D eigenvalue weighted by Gasteiger charge is -2.29. The molecule has 0 aromatic heterocycles. The number of hydrogen-bond donors (Lipinski definition) is 1. The van der Waals surface area contributed by atoms with Crippen LogP contribution in [0.5, 0.6) is 0 Å². The molecule has 2 rings (SSSR count). The predicted molar refractivity (Wildman–Crippen MR) is 77.5 cm³/mol. The van der Waals surface area contributed by atoms with Crippen LogP contribution in [0.2, 0.25) is 0 Å². The van der Waals surface area contributed by atoms with Crippen molar-refractivity contribution in [1.82, 2.24) is 5.32 Å². The maximum absolute atomic E-state index is 3.63. The zero-order chi connectivity index (χ0) is 12.6. The smallest absolute Gasteiger partial charge is 0.0214 e. The second kappa shape index (κ2) is 7.24. The van der Waals surface area contributed by atoms with E-state index in [9.17, 15) is 0 Å². The fourth-order valence-corrected chi connectivity index (χ4v) is 2.82. The summed E-state index contributed by atoms with van der Waals surface area (Å²) in [4.78, 5) is 0. The minimum Gasteiger partial charge on any atom is -0.313 e. The molecule has 18 heavy (non-hydrogen) atoms. The van der Waals surface area contributed by atoms with Crippen LogP contribution in [0.25, 0.3) is 0 Å². The molecule has 1 nitrogen and oxygen atoms in total. The molecular formula is C17H23N. The lowest BCUT2D eigenvalue weighted by molar-refractivity contribution is 0.345. The summed E-state index contributed by atoms with van der Waals surface area (Å²) < 4.78 is 0. The van der Waals surface area contributed by atoms with Gasteiger partial charge in [-0.05, 0) is 44.1 Å². The Bertz CT molecular complexity index is 391. The molecule has 1 fully saturated rings. The Morgan fingerprint density at radius 3 is 2.50 bits per heavy atom. The minimum absolute atomic E-state index is 0.712. The van der Waals surface area contributed by atoms with Crippen LogP contribution in [0.4, 0.5) is 0 Å². The van der Waals surface area contributed by atoms with Gasteiger partial charge in [0.05, 0.1) is 0 Å². The monoisotopic (exact) mass is 241 g/mol. The largest absolute Gasteiger partial charge is 0.313 e. The van der Waals surface area contributed by atoms with E-state index in [1.165, 1.54) is 31.2 Å². The van der Waals surface area contributed by atoms with E-state index in [1.54, 1.807) is 0 Å². The normalized spacial score (nSPS) is 23.2. The van der Waals surface area contributed by atoms with Crippen molar-refractivity contribution in [1.29, 1.82) is 0 Å². The first-order valence-electron chi connectivity index (χ1n) is 7.08. The van der Waals surface area contributed by atoms with Gasteiger partial charge in [-0.2, -0.15) is 0 Å². The second-order valence-electron chi connectivity index (χ2n) is 5.09. The Kier molecular flexibility index (Phi) is 5.30. The van der Waals surface area contributed by atoms with Crippen LogP contribution in [-0.2, 0) is 0 Å². The van der Waals surface area contributed by atoms with E-state index in [0.29, 0.717) is 6.04 Å². The van der Waals surface area contributed by atoms with Crippen LogP contribution in [0.3, 0.4) is 0 Å². The van der Waals surface area contributed by atoms with E-state index in [0.717, 1.165) is 18.9 Å². The SMILES string of the molecule is CC#CCCNC1CCC(c2ccccc2)CC1. The van der Waals surface area contributed by atoms with Crippen molar-refractivity contribution < 1.29 is 0 Å². The molecule has 0 radical (unpaired) electrons. The maximum atomic E-state index is 3.63. The molecule has 0 spiro atoms. The zero-order valence-corrected chi connectivity index (χ0v) is 11.3. The van der Waals surface area contributed by atoms with Crippen molar-refractivity contribution in [2.45, 2.75) is 51.0 Å². The number of hydrogen-bond acceptors (Lipinski definition) is 1. The lowest BCUT2D eigenvalue weighted by Crippen LogP contribution is -2.33. The Labute approximate surface area is 111 Å². The summed E-state index contributed by atoms with van der Waals surface area (Å²) in [6, 6.07) is 11.7. The van der Waals surface area contributed by atoms with Crippen molar-refractivity contribution in [3.8, 4) is 11.8 Å². The molecule has 0 heterocycles. The van der Waals surface area contributed by atoms with Crippen LogP contribution >= 0.6 is 0 Å². The first-order chi connectivity index (χ1) is 8.90. The highest BCUT2D eigenvalue weighted by Crippen LogP contribution is 2.32. The summed E-state index contributed by atoms with van der Waals surface area (Å²) in [5, 5.41) is 3.63. The lowest BCUT2D eigenvalue weighted by atomic mass is 9.82. The van der Waals surface area contributed by atoms with Gasteiger partial charge in [-0.3, -0.25) is 0 Å². The van der Waals surface area contributed by atoms with E-state index in [2.05, 4.69) is 47.5 Å². The van der Waals surface area contributed by atoms with Crippen LogP contribution < -0.4 is 5.32 Å². The summed E-state index contributed by atoms with van der Waals surface area (Å²) in [6.45, 7) is 2.95. The molecule has 96 valence electrons. The molecule has 1 aromatic carbocycles. The van der Waals surface area contributed by atoms with E-state index in [1.807, 2.05) is 6.92 Å². The van der Waals surface area contributed by atoms with Crippen LogP contribution in [-0.4, -0.2) is 12.6 Å². The highest BCUT2D eigenvalue weighted by Gasteiger charge is 2.21. The molecule has 1 saturated carbocycles. The predicted octanol–water partition coefficient (Wildman–Crippen LogP) is 3.72. The number of benzene rings is 1. The average Bonchev–Trinajstić information content (AvgIpc) is 2.45. The summed E-state index contributed by atoms with van der Waals surface area (Å²) in [5.41, 5.74) is 1.52. The van der Waals surface area contributed by atoms with Crippen LogP contribution in [0.15, 0.2) is 30.3 Å². The van der Waals surface area contributed by atoms with E-state index in [4.69, 9.17) is 0 Å². The molecule has 1 aliphatic rings. The van der Waals surface area contributed by atoms with E-state index >= 15 is 0 Å². The third-order valence-electron chi connectivity index (χ3n) is 3.86. The minimum atomic E-state index is 0.712. The van der Waals surface area contributed by atoms with Crippen LogP contribution in [0, 0.1) is 11.8 Å². The van der Waals surface area contributed by atoms with Crippen molar-refractivity contribution >= 4 is 0 Å². The van der Waals surface area contributed by atoms with Crippen molar-refractivity contribution in [2.75, 3.05) is 6.54 Å². The fraction of sp³-hybridized carbons (Fsp3) is 0.529. The summed E-state index contributed by atoms with van der Waals surface area (Å²) >= 11 is 0. The number of rotatable bonds is 4. The maximum Gasteiger partial charge on any atom is 0.0214 e. The van der Waals surface area contributed by atoms with Gasteiger partial charge in [-0.1, -0.05) is 30.3 Å². The topological polar surface area (TPSA) is 12.0 Å². The molecule has 0 aliphatic heterocycles. The summed E-state index contributed by atoms with van der Waals surface area (Å²) in [7, 11) is 0. The molecule has 1 N–H and O–H groups in total. The molecule has 1 aliphatic carbocycles. The highest BCUT2D eigenvalue weighted by molar-refractivity contribution is 5.20. The van der Waals surface area contributed by atoms with Gasteiger partial charge in [0.1, 0.15) is 0 Å². The summed E-state index contributed by atoms with van der Waals surface area (Å²) in [6.07, 6.45) is 6.23. The third kappa shape index (κ3) is 3.89. The molecular weight excluding hydrogens is 218 g/mol. The molecule has 0 atom stereocenters. The van der Waals surface area contributed by atoms with Gasteiger partial charge in [0.2, 0.25) is 0 Å². The molecule has 1 aromatic rings. The van der Waals surface area contributed by atoms with Gasteiger partial charge in [-0.25, -0.2) is 0 Å². The van der Waals surface area contributed by atoms with Gasteiger partial charge < -0.3 is 5.32 Å². The first-order valence-corrected chi connectivity index (χ1v) is 7.08. The first kappa shape index (κ1) is 13.2. The highest BCUT2D eigenvalue weighted by atomic mass is 14.9. The molecule has 0 bridgehead atoms. The zero-order valence-electron chi connectivity index (χ0n) is 11.3. The Morgan fingerprint density at radius 1 is 1.11 bits per heavy atom. The van der Waals surface area contributed by atoms with E-state index < -0.39 is 0 Å². The summed E-state index contributed by atoms with van der Waals surface area (Å²) in [5.74, 6) is 6.83. The quantitative estimate of drug-likeness (QED) is 0.626. The van der Waals surface area contributed by atoms with E-state index in [-0.39, 0.29) is 0 Å². The Hall–Kier alpha value is -1.26. The van der Waals surface area contributed by atoms with Crippen molar-refractivity contribution in [3.05, 3.63) is 35.9 Å². The number of nitrogens with one attached hydrogen (secondary N) is 1. The van der Waals surface area contributed by atoms with Crippen molar-refractivity contribution in [3.63, 3.8) is 0 Å². The van der Waals surface area contributed by atoms with Gasteiger partial charge >= 0.3 is 0 Å². The second-order valence-corrected chi connectivity index (χ2v) is 5.09. The molecule has 1 heteroatoms. The van der Waals surface area contributed by atoms with Gasteiger partial charge in [0, 0.05) is 19.0 Å². The fourth-order valence-electron chi connectivity index (χ4n) is 2.82. The van der Waals surface area contributed by atoms with Gasteiger partial charge in [0.15, 0.2) is 0 Å².